The fraction of sp³-hybridized carbons (Fsp3) is 0.273. The van der Waals surface area contributed by atoms with E-state index in [1.165, 1.54) is 0 Å². The van der Waals surface area contributed by atoms with Gasteiger partial charge in [-0.2, -0.15) is 5.26 Å². The van der Waals surface area contributed by atoms with Crippen LogP contribution in [0, 0.1) is 11.3 Å². The van der Waals surface area contributed by atoms with Crippen molar-refractivity contribution in [2.45, 2.75) is 12.2 Å². The van der Waals surface area contributed by atoms with E-state index in [-0.39, 0.29) is 12.2 Å². The predicted molar refractivity (Wildman–Crippen MR) is 60.1 cm³/mol. The van der Waals surface area contributed by atoms with Crippen molar-refractivity contribution in [2.75, 3.05) is 5.75 Å². The van der Waals surface area contributed by atoms with Crippen molar-refractivity contribution in [1.29, 1.82) is 5.26 Å². The zero-order valence-corrected chi connectivity index (χ0v) is 9.37. The molecule has 16 heavy (non-hydrogen) atoms. The van der Waals surface area contributed by atoms with Gasteiger partial charge in [0.05, 0.1) is 18.1 Å². The number of nitriles is 1. The average Bonchev–Trinajstić information content (AvgIpc) is 2.26. The molecule has 84 valence electrons. The Kier molecular flexibility index (Phi) is 4.67. The largest absolute Gasteiger partial charge is 0.481 e. The van der Waals surface area contributed by atoms with Gasteiger partial charge in [-0.05, 0) is 17.7 Å². The van der Waals surface area contributed by atoms with Crippen LogP contribution in [0.3, 0.4) is 0 Å². The Morgan fingerprint density at radius 1 is 1.50 bits per heavy atom. The smallest absolute Gasteiger partial charge is 0.304 e. The Balaban J connectivity index is 2.56. The zero-order valence-electron chi connectivity index (χ0n) is 8.55. The molecule has 0 radical (unpaired) electrons. The molecular formula is C11H11NO3S. The number of hydrogen-bond acceptors (Lipinski definition) is 3. The van der Waals surface area contributed by atoms with Crippen LogP contribution in [0.25, 0.3) is 0 Å². The number of carbonyl (C=O) groups is 1. The lowest BCUT2D eigenvalue weighted by atomic mass is 10.2. The van der Waals surface area contributed by atoms with Gasteiger partial charge in [-0.1, -0.05) is 12.1 Å². The second-order valence-corrected chi connectivity index (χ2v) is 4.82. The monoisotopic (exact) mass is 237 g/mol. The van der Waals surface area contributed by atoms with Crippen LogP contribution in [0.15, 0.2) is 24.3 Å². The Hall–Kier alpha value is -1.67. The third-order valence-electron chi connectivity index (χ3n) is 1.93. The second-order valence-electron chi connectivity index (χ2n) is 3.24. The molecule has 0 aromatic heterocycles. The summed E-state index contributed by atoms with van der Waals surface area (Å²) < 4.78 is 11.5. The summed E-state index contributed by atoms with van der Waals surface area (Å²) in [6, 6.07) is 8.84. The first-order chi connectivity index (χ1) is 7.61. The summed E-state index contributed by atoms with van der Waals surface area (Å²) in [5.41, 5.74) is 1.32. The summed E-state index contributed by atoms with van der Waals surface area (Å²) >= 11 is 0. The summed E-state index contributed by atoms with van der Waals surface area (Å²) in [6.45, 7) is 0. The minimum atomic E-state index is -1.19. The molecule has 1 rings (SSSR count). The SMILES string of the molecule is N#Cc1cccc(CS(=O)CCC(=O)O)c1. The van der Waals surface area contributed by atoms with Crippen molar-refractivity contribution in [2.24, 2.45) is 0 Å². The van der Waals surface area contributed by atoms with E-state index in [9.17, 15) is 9.00 Å². The Labute approximate surface area is 96.0 Å². The van der Waals surface area contributed by atoms with E-state index in [4.69, 9.17) is 10.4 Å². The van der Waals surface area contributed by atoms with E-state index in [1.807, 2.05) is 6.07 Å². The molecular weight excluding hydrogens is 226 g/mol. The lowest BCUT2D eigenvalue weighted by Crippen LogP contribution is -2.06. The molecule has 5 heteroatoms. The molecule has 0 aliphatic heterocycles. The molecule has 1 unspecified atom stereocenters. The van der Waals surface area contributed by atoms with Crippen LogP contribution in [-0.4, -0.2) is 21.0 Å². The Bertz CT molecular complexity index is 451. The molecule has 0 aliphatic rings. The number of rotatable bonds is 5. The first kappa shape index (κ1) is 12.4. The highest BCUT2D eigenvalue weighted by atomic mass is 32.2. The molecule has 0 aliphatic carbocycles. The molecule has 0 amide bonds. The molecule has 1 aromatic carbocycles. The van der Waals surface area contributed by atoms with Crippen LogP contribution in [0.2, 0.25) is 0 Å². The molecule has 4 nitrogen and oxygen atoms in total. The lowest BCUT2D eigenvalue weighted by molar-refractivity contribution is -0.136. The van der Waals surface area contributed by atoms with E-state index in [0.717, 1.165) is 5.56 Å². The quantitative estimate of drug-likeness (QED) is 0.836. The summed E-state index contributed by atoms with van der Waals surface area (Å²) in [4.78, 5) is 10.3. The van der Waals surface area contributed by atoms with Gasteiger partial charge in [-0.25, -0.2) is 0 Å². The molecule has 1 aromatic rings. The highest BCUT2D eigenvalue weighted by Crippen LogP contribution is 2.07. The fourth-order valence-corrected chi connectivity index (χ4v) is 2.29. The molecule has 0 spiro atoms. The van der Waals surface area contributed by atoms with Crippen molar-refractivity contribution in [3.8, 4) is 6.07 Å². The summed E-state index contributed by atoms with van der Waals surface area (Å²) in [6.07, 6.45) is -0.0927. The van der Waals surface area contributed by atoms with Gasteiger partial charge in [0.15, 0.2) is 0 Å². The van der Waals surface area contributed by atoms with E-state index in [0.29, 0.717) is 11.3 Å². The number of aliphatic carboxylic acids is 1. The summed E-state index contributed by atoms with van der Waals surface area (Å²) in [5, 5.41) is 17.1. The molecule has 0 saturated carbocycles. The average molecular weight is 237 g/mol. The molecule has 0 heterocycles. The number of hydrogen-bond donors (Lipinski definition) is 1. The normalized spacial score (nSPS) is 11.7. The van der Waals surface area contributed by atoms with Crippen molar-refractivity contribution >= 4 is 16.8 Å². The molecule has 1 atom stereocenters. The van der Waals surface area contributed by atoms with Crippen molar-refractivity contribution < 1.29 is 14.1 Å². The van der Waals surface area contributed by atoms with Crippen LogP contribution in [0.5, 0.6) is 0 Å². The van der Waals surface area contributed by atoms with Gasteiger partial charge in [-0.15, -0.1) is 0 Å². The van der Waals surface area contributed by atoms with Crippen molar-refractivity contribution in [1.82, 2.24) is 0 Å². The lowest BCUT2D eigenvalue weighted by Gasteiger charge is -2.01. The minimum absolute atomic E-state index is 0.0927. The third kappa shape index (κ3) is 4.24. The molecule has 1 N–H and O–H groups in total. The van der Waals surface area contributed by atoms with Gasteiger partial charge < -0.3 is 5.11 Å². The highest BCUT2D eigenvalue weighted by Gasteiger charge is 2.05. The van der Waals surface area contributed by atoms with E-state index < -0.39 is 16.8 Å². The molecule has 0 fully saturated rings. The van der Waals surface area contributed by atoms with Gasteiger partial charge in [0, 0.05) is 22.3 Å². The maximum atomic E-state index is 11.5. The maximum Gasteiger partial charge on any atom is 0.304 e. The van der Waals surface area contributed by atoms with Crippen LogP contribution in [0.1, 0.15) is 17.5 Å². The van der Waals surface area contributed by atoms with Crippen molar-refractivity contribution in [3.63, 3.8) is 0 Å². The first-order valence-corrected chi connectivity index (χ1v) is 6.16. The fourth-order valence-electron chi connectivity index (χ4n) is 1.19. The third-order valence-corrected chi connectivity index (χ3v) is 3.24. The summed E-state index contributed by atoms with van der Waals surface area (Å²) in [7, 11) is -1.19. The maximum absolute atomic E-state index is 11.5. The minimum Gasteiger partial charge on any atom is -0.481 e. The summed E-state index contributed by atoms with van der Waals surface area (Å²) in [5.74, 6) is -0.506. The van der Waals surface area contributed by atoms with Gasteiger partial charge in [-0.3, -0.25) is 9.00 Å². The molecule has 0 saturated heterocycles. The zero-order chi connectivity index (χ0) is 12.0. The van der Waals surface area contributed by atoms with E-state index in [2.05, 4.69) is 0 Å². The van der Waals surface area contributed by atoms with Gasteiger partial charge in [0.1, 0.15) is 0 Å². The standard InChI is InChI=1S/C11H11NO3S/c12-7-9-2-1-3-10(6-9)8-16(15)5-4-11(13)14/h1-3,6H,4-5,8H2,(H,13,14). The van der Waals surface area contributed by atoms with Crippen molar-refractivity contribution in [3.05, 3.63) is 35.4 Å². The van der Waals surface area contributed by atoms with Gasteiger partial charge >= 0.3 is 5.97 Å². The van der Waals surface area contributed by atoms with Crippen LogP contribution in [-0.2, 0) is 21.3 Å². The number of carboxylic acids is 1. The van der Waals surface area contributed by atoms with E-state index in [1.54, 1.807) is 24.3 Å². The van der Waals surface area contributed by atoms with Gasteiger partial charge in [0.25, 0.3) is 0 Å². The predicted octanol–water partition coefficient (Wildman–Crippen LogP) is 1.28. The topological polar surface area (TPSA) is 78.2 Å². The molecule has 0 bridgehead atoms. The Morgan fingerprint density at radius 2 is 2.25 bits per heavy atom. The van der Waals surface area contributed by atoms with Crippen LogP contribution in [0.4, 0.5) is 0 Å². The second kappa shape index (κ2) is 6.03. The van der Waals surface area contributed by atoms with Gasteiger partial charge in [0.2, 0.25) is 0 Å². The number of benzene rings is 1. The first-order valence-electron chi connectivity index (χ1n) is 4.67. The highest BCUT2D eigenvalue weighted by molar-refractivity contribution is 7.84. The van der Waals surface area contributed by atoms with Crippen LogP contribution >= 0.6 is 0 Å². The van der Waals surface area contributed by atoms with E-state index >= 15 is 0 Å². The number of carboxylic acid groups (broad SMARTS) is 1. The Morgan fingerprint density at radius 3 is 2.88 bits per heavy atom. The number of nitrogens with zero attached hydrogens (tertiary/aromatic N) is 1. The van der Waals surface area contributed by atoms with Crippen LogP contribution < -0.4 is 0 Å².